The molecule has 0 spiro atoms. The molecule has 2 saturated heterocycles. The van der Waals surface area contributed by atoms with Gasteiger partial charge in [-0.2, -0.15) is 0 Å². The molecule has 2 saturated carbocycles. The number of aliphatic hydroxyl groups is 1. The molecule has 9 heteroatoms. The highest BCUT2D eigenvalue weighted by molar-refractivity contribution is 9.10. The molecular formula is C20H29BrN2O5S. The second-order valence-electron chi connectivity index (χ2n) is 8.76. The largest absolute Gasteiger partial charge is 0.393 e. The second kappa shape index (κ2) is 8.09. The van der Waals surface area contributed by atoms with Crippen molar-refractivity contribution in [3.8, 4) is 0 Å². The van der Waals surface area contributed by atoms with E-state index in [1.807, 2.05) is 0 Å². The van der Waals surface area contributed by atoms with E-state index in [4.69, 9.17) is 9.47 Å². The number of methoxy groups -OCH3 is 1. The van der Waals surface area contributed by atoms with Crippen LogP contribution in [0.1, 0.15) is 38.5 Å². The zero-order valence-corrected chi connectivity index (χ0v) is 19.0. The smallest absolute Gasteiger partial charge is 0.241 e. The lowest BCUT2D eigenvalue weighted by molar-refractivity contribution is -0.0613. The molecule has 162 valence electrons. The van der Waals surface area contributed by atoms with E-state index in [1.165, 1.54) is 6.42 Å². The van der Waals surface area contributed by atoms with Gasteiger partial charge in [-0.15, -0.1) is 0 Å². The van der Waals surface area contributed by atoms with E-state index in [9.17, 15) is 13.5 Å². The fraction of sp³-hybridized carbons (Fsp3) is 0.700. The molecule has 0 aromatic heterocycles. The zero-order chi connectivity index (χ0) is 20.7. The van der Waals surface area contributed by atoms with E-state index in [0.29, 0.717) is 49.4 Å². The molecule has 2 heterocycles. The maximum absolute atomic E-state index is 12.9. The van der Waals surface area contributed by atoms with Crippen molar-refractivity contribution in [3.05, 3.63) is 22.7 Å². The predicted octanol–water partition coefficient (Wildman–Crippen LogP) is 2.64. The zero-order valence-electron chi connectivity index (χ0n) is 16.6. The SMILES string of the molecule is COCC12CC(NS(=O)(=O)c3ccc(NCCC(O)C4CCC4)c(Br)c3)(CO1)C2. The van der Waals surface area contributed by atoms with Gasteiger partial charge in [-0.3, -0.25) is 0 Å². The van der Waals surface area contributed by atoms with Crippen LogP contribution in [0.15, 0.2) is 27.6 Å². The van der Waals surface area contributed by atoms with Crippen molar-refractivity contribution in [3.63, 3.8) is 0 Å². The Hall–Kier alpha value is -0.710. The fourth-order valence-electron chi connectivity index (χ4n) is 4.75. The van der Waals surface area contributed by atoms with Crippen LogP contribution >= 0.6 is 15.9 Å². The summed E-state index contributed by atoms with van der Waals surface area (Å²) in [6.07, 6.45) is 5.14. The molecule has 0 radical (unpaired) electrons. The summed E-state index contributed by atoms with van der Waals surface area (Å²) in [5.41, 5.74) is -0.0523. The Balaban J connectivity index is 1.34. The summed E-state index contributed by atoms with van der Waals surface area (Å²) in [5, 5.41) is 13.4. The van der Waals surface area contributed by atoms with Gasteiger partial charge in [0.05, 0.1) is 35.4 Å². The van der Waals surface area contributed by atoms with Gasteiger partial charge in [0.2, 0.25) is 10.0 Å². The third-order valence-electron chi connectivity index (χ3n) is 6.43. The van der Waals surface area contributed by atoms with Crippen molar-refractivity contribution in [1.29, 1.82) is 0 Å². The van der Waals surface area contributed by atoms with Crippen LogP contribution in [0.4, 0.5) is 5.69 Å². The average Bonchev–Trinajstić information content (AvgIpc) is 3.09. The van der Waals surface area contributed by atoms with E-state index in [2.05, 4.69) is 26.0 Å². The maximum Gasteiger partial charge on any atom is 0.241 e. The summed E-state index contributed by atoms with van der Waals surface area (Å²) < 4.78 is 40.3. The number of ether oxygens (including phenoxy) is 2. The molecular weight excluding hydrogens is 460 g/mol. The van der Waals surface area contributed by atoms with Gasteiger partial charge < -0.3 is 19.9 Å². The Morgan fingerprint density at radius 2 is 2.14 bits per heavy atom. The molecule has 29 heavy (non-hydrogen) atoms. The Labute approximate surface area is 180 Å². The molecule has 2 aliphatic heterocycles. The summed E-state index contributed by atoms with van der Waals surface area (Å²) >= 11 is 3.47. The van der Waals surface area contributed by atoms with Crippen molar-refractivity contribution in [2.24, 2.45) is 5.92 Å². The molecule has 4 fully saturated rings. The van der Waals surface area contributed by atoms with E-state index >= 15 is 0 Å². The minimum Gasteiger partial charge on any atom is -0.393 e. The van der Waals surface area contributed by atoms with E-state index in [-0.39, 0.29) is 16.6 Å². The monoisotopic (exact) mass is 488 g/mol. The van der Waals surface area contributed by atoms with Crippen molar-refractivity contribution in [1.82, 2.24) is 4.72 Å². The normalized spacial score (nSPS) is 29.9. The maximum atomic E-state index is 12.9. The number of benzene rings is 1. The van der Waals surface area contributed by atoms with Gasteiger partial charge in [-0.1, -0.05) is 6.42 Å². The molecule has 7 nitrogen and oxygen atoms in total. The summed E-state index contributed by atoms with van der Waals surface area (Å²) in [4.78, 5) is 0.218. The molecule has 2 aliphatic carbocycles. The number of aliphatic hydroxyl groups excluding tert-OH is 1. The summed E-state index contributed by atoms with van der Waals surface area (Å²) in [7, 11) is -2.03. The molecule has 1 atom stereocenters. The van der Waals surface area contributed by atoms with Gasteiger partial charge >= 0.3 is 0 Å². The number of fused-ring (bicyclic) bond motifs is 1. The molecule has 1 unspecified atom stereocenters. The van der Waals surface area contributed by atoms with Crippen LogP contribution in [0.3, 0.4) is 0 Å². The van der Waals surface area contributed by atoms with Crippen LogP contribution in [0.2, 0.25) is 0 Å². The van der Waals surface area contributed by atoms with E-state index in [1.54, 1.807) is 25.3 Å². The average molecular weight is 489 g/mol. The fourth-order valence-corrected chi connectivity index (χ4v) is 6.83. The minimum atomic E-state index is -3.65. The van der Waals surface area contributed by atoms with Crippen LogP contribution in [0, 0.1) is 5.92 Å². The molecule has 0 amide bonds. The first-order valence-electron chi connectivity index (χ1n) is 10.1. The number of sulfonamides is 1. The Kier molecular flexibility index (Phi) is 6.00. The molecule has 1 aromatic carbocycles. The number of anilines is 1. The highest BCUT2D eigenvalue weighted by Gasteiger charge is 2.63. The number of nitrogens with one attached hydrogen (secondary N) is 2. The van der Waals surface area contributed by atoms with E-state index in [0.717, 1.165) is 18.5 Å². The van der Waals surface area contributed by atoms with Crippen LogP contribution in [0.5, 0.6) is 0 Å². The van der Waals surface area contributed by atoms with E-state index < -0.39 is 15.6 Å². The minimum absolute atomic E-state index is 0.218. The third kappa shape index (κ3) is 4.36. The number of hydrogen-bond donors (Lipinski definition) is 3. The number of hydrogen-bond acceptors (Lipinski definition) is 6. The second-order valence-corrected chi connectivity index (χ2v) is 11.3. The Bertz CT molecular complexity index is 852. The van der Waals surface area contributed by atoms with Crippen LogP contribution in [0.25, 0.3) is 0 Å². The topological polar surface area (TPSA) is 96.9 Å². The number of halogens is 1. The van der Waals surface area contributed by atoms with Gasteiger partial charge in [0.25, 0.3) is 0 Å². The van der Waals surface area contributed by atoms with Gasteiger partial charge in [-0.05, 0) is 59.3 Å². The van der Waals surface area contributed by atoms with Gasteiger partial charge in [0, 0.05) is 36.7 Å². The molecule has 1 aromatic rings. The first-order chi connectivity index (χ1) is 13.8. The van der Waals surface area contributed by atoms with Crippen LogP contribution in [-0.2, 0) is 19.5 Å². The van der Waals surface area contributed by atoms with Gasteiger partial charge in [0.15, 0.2) is 0 Å². The highest BCUT2D eigenvalue weighted by Crippen LogP contribution is 2.52. The Morgan fingerprint density at radius 1 is 1.38 bits per heavy atom. The van der Waals surface area contributed by atoms with Crippen molar-refractivity contribution < 1.29 is 23.0 Å². The third-order valence-corrected chi connectivity index (χ3v) is 8.67. The summed E-state index contributed by atoms with van der Waals surface area (Å²) in [6.45, 7) is 1.50. The van der Waals surface area contributed by atoms with Crippen LogP contribution < -0.4 is 10.0 Å². The van der Waals surface area contributed by atoms with Crippen LogP contribution in [-0.4, -0.2) is 57.6 Å². The highest BCUT2D eigenvalue weighted by atomic mass is 79.9. The van der Waals surface area contributed by atoms with Crippen molar-refractivity contribution in [2.75, 3.05) is 32.2 Å². The first kappa shape index (κ1) is 21.5. The summed E-state index contributed by atoms with van der Waals surface area (Å²) in [5.74, 6) is 0.437. The van der Waals surface area contributed by atoms with Gasteiger partial charge in [-0.25, -0.2) is 13.1 Å². The quantitative estimate of drug-likeness (QED) is 0.468. The Morgan fingerprint density at radius 3 is 2.76 bits per heavy atom. The summed E-state index contributed by atoms with van der Waals surface area (Å²) in [6, 6.07) is 4.97. The first-order valence-corrected chi connectivity index (χ1v) is 12.4. The number of rotatable bonds is 10. The lowest BCUT2D eigenvalue weighted by Crippen LogP contribution is -2.60. The lowest BCUT2D eigenvalue weighted by atomic mass is 9.69. The van der Waals surface area contributed by atoms with Crippen molar-refractivity contribution >= 4 is 31.6 Å². The molecule has 2 bridgehead atoms. The molecule has 3 N–H and O–H groups in total. The standard InChI is InChI=1S/C20H29BrN2O5S/c1-27-13-20-10-19(11-20,12-28-20)23-29(25,26)15-5-6-17(16(21)9-15)22-8-7-18(24)14-3-2-4-14/h5-6,9,14,18,22-24H,2-4,7-8,10-13H2,1H3. The molecule has 4 aliphatic rings. The van der Waals surface area contributed by atoms with Gasteiger partial charge in [0.1, 0.15) is 0 Å². The lowest BCUT2D eigenvalue weighted by Gasteiger charge is -2.44. The predicted molar refractivity (Wildman–Crippen MR) is 113 cm³/mol. The molecule has 5 rings (SSSR count). The van der Waals surface area contributed by atoms with Crippen molar-refractivity contribution in [2.45, 2.75) is 60.7 Å².